The molecular weight excluding hydrogens is 602 g/mol. The van der Waals surface area contributed by atoms with Gasteiger partial charge in [0.05, 0.1) is 30.9 Å². The third kappa shape index (κ3) is 9.09. The Morgan fingerprint density at radius 1 is 0.511 bits per heavy atom. The first-order chi connectivity index (χ1) is 22.8. The fourth-order valence-corrected chi connectivity index (χ4v) is 4.80. The molecule has 11 heteroatoms. The minimum Gasteiger partial charge on any atom is -0.507 e. The molecule has 1 heterocycles. The zero-order valence-electron chi connectivity index (χ0n) is 28.1. The van der Waals surface area contributed by atoms with Gasteiger partial charge in [0.2, 0.25) is 0 Å². The minimum absolute atomic E-state index is 0.0188. The number of aryl methyl sites for hydroxylation is 1. The number of aromatic nitrogens is 3. The molecule has 252 valence electrons. The number of benzene rings is 3. The van der Waals surface area contributed by atoms with E-state index >= 15 is 0 Å². The highest BCUT2D eigenvalue weighted by molar-refractivity contribution is 5.75. The van der Waals surface area contributed by atoms with Crippen LogP contribution in [0.3, 0.4) is 0 Å². The molecule has 0 radical (unpaired) electrons. The number of ether oxygens (including phenoxy) is 6. The largest absolute Gasteiger partial charge is 0.507 e. The van der Waals surface area contributed by atoms with Crippen LogP contribution in [-0.2, 0) is 14.2 Å². The number of nitrogens with zero attached hydrogens (tertiary/aromatic N) is 3. The first-order valence-electron chi connectivity index (χ1n) is 15.9. The molecule has 47 heavy (non-hydrogen) atoms. The van der Waals surface area contributed by atoms with Crippen LogP contribution in [-0.4, -0.2) is 84.6 Å². The number of phenols is 2. The Balaban J connectivity index is 1.76. The van der Waals surface area contributed by atoms with Crippen LogP contribution in [0.1, 0.15) is 37.5 Å². The van der Waals surface area contributed by atoms with Crippen LogP contribution in [0.5, 0.6) is 28.7 Å². The molecule has 4 aromatic rings. The molecule has 3 aromatic carbocycles. The molecule has 11 nitrogen and oxygen atoms in total. The number of phenolic OH excluding ortho intramolecular Hbond substituents is 2. The highest BCUT2D eigenvalue weighted by Gasteiger charge is 2.21. The average Bonchev–Trinajstić information content (AvgIpc) is 3.07. The fraction of sp³-hybridized carbons (Fsp3) is 0.417. The molecule has 0 fully saturated rings. The Bertz CT molecular complexity index is 1540. The average molecular weight is 648 g/mol. The van der Waals surface area contributed by atoms with Crippen LogP contribution in [0.25, 0.3) is 34.2 Å². The summed E-state index contributed by atoms with van der Waals surface area (Å²) in [6, 6.07) is 12.6. The molecule has 0 spiro atoms. The number of hydrogen-bond acceptors (Lipinski definition) is 11. The maximum atomic E-state index is 11.3. The van der Waals surface area contributed by atoms with Crippen molar-refractivity contribution < 1.29 is 38.6 Å². The SMILES string of the molecule is CCOCCOc1ccc(-c2nc(-c3ccc(OCCOCC)c(C)c3O)nc(-c3ccc(OCCOCC)c(C)c3O)n2)cc1C. The lowest BCUT2D eigenvalue weighted by Gasteiger charge is -2.16. The summed E-state index contributed by atoms with van der Waals surface area (Å²) in [4.78, 5) is 14.3. The van der Waals surface area contributed by atoms with Crippen molar-refractivity contribution in [3.05, 3.63) is 59.2 Å². The molecule has 0 aliphatic heterocycles. The monoisotopic (exact) mass is 647 g/mol. The maximum absolute atomic E-state index is 11.3. The van der Waals surface area contributed by atoms with Crippen LogP contribution in [0.15, 0.2) is 42.5 Å². The van der Waals surface area contributed by atoms with Crippen molar-refractivity contribution in [1.29, 1.82) is 0 Å². The number of aromatic hydroxyl groups is 2. The molecule has 2 N–H and O–H groups in total. The normalized spacial score (nSPS) is 11.1. The molecule has 0 unspecified atom stereocenters. The van der Waals surface area contributed by atoms with Crippen molar-refractivity contribution in [3.63, 3.8) is 0 Å². The minimum atomic E-state index is -0.0188. The van der Waals surface area contributed by atoms with E-state index in [0.717, 1.165) is 11.3 Å². The fourth-order valence-electron chi connectivity index (χ4n) is 4.80. The lowest BCUT2D eigenvalue weighted by Crippen LogP contribution is -2.08. The van der Waals surface area contributed by atoms with Crippen molar-refractivity contribution in [2.75, 3.05) is 59.5 Å². The molecule has 1 aromatic heterocycles. The van der Waals surface area contributed by atoms with E-state index in [9.17, 15) is 10.2 Å². The van der Waals surface area contributed by atoms with Gasteiger partial charge in [-0.3, -0.25) is 0 Å². The van der Waals surface area contributed by atoms with Gasteiger partial charge >= 0.3 is 0 Å². The van der Waals surface area contributed by atoms with Crippen LogP contribution in [0.4, 0.5) is 0 Å². The summed E-state index contributed by atoms with van der Waals surface area (Å²) in [6.45, 7) is 15.6. The van der Waals surface area contributed by atoms with E-state index in [1.807, 2.05) is 45.9 Å². The Hall–Kier alpha value is -4.45. The van der Waals surface area contributed by atoms with Crippen LogP contribution in [0, 0.1) is 20.8 Å². The van der Waals surface area contributed by atoms with Gasteiger partial charge < -0.3 is 38.6 Å². The third-order valence-corrected chi connectivity index (χ3v) is 7.38. The van der Waals surface area contributed by atoms with Crippen molar-refractivity contribution in [3.8, 4) is 62.9 Å². The Labute approximate surface area is 276 Å². The van der Waals surface area contributed by atoms with Gasteiger partial charge in [-0.2, -0.15) is 0 Å². The standard InChI is InChI=1S/C36H45N3O8/c1-7-42-16-19-45-29-13-10-26(22-23(29)4)34-37-35(27-11-14-30(24(5)32(27)40)46-20-17-43-8-2)39-36(38-34)28-12-15-31(25(6)33(28)41)47-21-18-44-9-3/h10-15,22,40-41H,7-9,16-21H2,1-6H3. The van der Waals surface area contributed by atoms with Crippen molar-refractivity contribution in [2.24, 2.45) is 0 Å². The predicted molar refractivity (Wildman–Crippen MR) is 180 cm³/mol. The van der Waals surface area contributed by atoms with Crippen LogP contribution in [0.2, 0.25) is 0 Å². The van der Waals surface area contributed by atoms with E-state index in [1.54, 1.807) is 38.1 Å². The lowest BCUT2D eigenvalue weighted by atomic mass is 10.1. The Morgan fingerprint density at radius 3 is 1.34 bits per heavy atom. The Kier molecular flexibility index (Phi) is 13.2. The summed E-state index contributed by atoms with van der Waals surface area (Å²) in [6.07, 6.45) is 0. The van der Waals surface area contributed by atoms with E-state index in [2.05, 4.69) is 0 Å². The summed E-state index contributed by atoms with van der Waals surface area (Å²) in [5, 5.41) is 22.6. The van der Waals surface area contributed by atoms with Crippen molar-refractivity contribution in [1.82, 2.24) is 15.0 Å². The number of hydrogen-bond donors (Lipinski definition) is 2. The van der Waals surface area contributed by atoms with E-state index < -0.39 is 0 Å². The van der Waals surface area contributed by atoms with Gasteiger partial charge in [0.15, 0.2) is 17.5 Å². The first-order valence-corrected chi connectivity index (χ1v) is 15.9. The molecule has 0 bridgehead atoms. The van der Waals surface area contributed by atoms with E-state index in [1.165, 1.54) is 0 Å². The van der Waals surface area contributed by atoms with Gasteiger partial charge in [-0.05, 0) is 89.6 Å². The summed E-state index contributed by atoms with van der Waals surface area (Å²) < 4.78 is 33.7. The second-order valence-electron chi connectivity index (χ2n) is 10.6. The molecule has 4 rings (SSSR count). The second kappa shape index (κ2) is 17.5. The van der Waals surface area contributed by atoms with Crippen LogP contribution >= 0.6 is 0 Å². The van der Waals surface area contributed by atoms with E-state index in [0.29, 0.717) is 105 Å². The van der Waals surface area contributed by atoms with E-state index in [4.69, 9.17) is 43.4 Å². The summed E-state index contributed by atoms with van der Waals surface area (Å²) in [5.74, 6) is 2.57. The molecular formula is C36H45N3O8. The lowest BCUT2D eigenvalue weighted by molar-refractivity contribution is 0.110. The summed E-state index contributed by atoms with van der Waals surface area (Å²) in [7, 11) is 0. The van der Waals surface area contributed by atoms with Crippen LogP contribution < -0.4 is 14.2 Å². The van der Waals surface area contributed by atoms with Crippen molar-refractivity contribution in [2.45, 2.75) is 41.5 Å². The van der Waals surface area contributed by atoms with Gasteiger partial charge in [-0.15, -0.1) is 0 Å². The molecule has 0 aliphatic carbocycles. The zero-order valence-corrected chi connectivity index (χ0v) is 28.1. The quantitative estimate of drug-likeness (QED) is 0.115. The summed E-state index contributed by atoms with van der Waals surface area (Å²) >= 11 is 0. The van der Waals surface area contributed by atoms with Gasteiger partial charge in [-0.25, -0.2) is 15.0 Å². The molecule has 0 saturated carbocycles. The van der Waals surface area contributed by atoms with Gasteiger partial charge in [0, 0.05) is 36.5 Å². The van der Waals surface area contributed by atoms with E-state index in [-0.39, 0.29) is 23.1 Å². The highest BCUT2D eigenvalue weighted by Crippen LogP contribution is 2.40. The third-order valence-electron chi connectivity index (χ3n) is 7.38. The zero-order chi connectivity index (χ0) is 33.8. The molecule has 0 amide bonds. The maximum Gasteiger partial charge on any atom is 0.167 e. The first kappa shape index (κ1) is 35.4. The molecule has 0 saturated heterocycles. The second-order valence-corrected chi connectivity index (χ2v) is 10.6. The van der Waals surface area contributed by atoms with Gasteiger partial charge in [0.25, 0.3) is 0 Å². The summed E-state index contributed by atoms with van der Waals surface area (Å²) in [5.41, 5.74) is 3.47. The van der Waals surface area contributed by atoms with Gasteiger partial charge in [-0.1, -0.05) is 0 Å². The topological polar surface area (TPSA) is 135 Å². The Morgan fingerprint density at radius 2 is 0.915 bits per heavy atom. The predicted octanol–water partition coefficient (Wildman–Crippen LogP) is 6.45. The van der Waals surface area contributed by atoms with Crippen molar-refractivity contribution >= 4 is 0 Å². The number of rotatable bonds is 18. The highest BCUT2D eigenvalue weighted by atomic mass is 16.5. The molecule has 0 aliphatic rings. The van der Waals surface area contributed by atoms with Gasteiger partial charge in [0.1, 0.15) is 48.6 Å². The smallest absolute Gasteiger partial charge is 0.167 e. The molecule has 0 atom stereocenters.